The van der Waals surface area contributed by atoms with Crippen LogP contribution in [0.5, 0.6) is 11.7 Å². The summed E-state index contributed by atoms with van der Waals surface area (Å²) in [5.41, 5.74) is 0.462. The van der Waals surface area contributed by atoms with Crippen LogP contribution < -0.4 is 19.8 Å². The van der Waals surface area contributed by atoms with Crippen molar-refractivity contribution in [3.05, 3.63) is 23.2 Å². The summed E-state index contributed by atoms with van der Waals surface area (Å²) in [7, 11) is 3.07. The summed E-state index contributed by atoms with van der Waals surface area (Å²) >= 11 is 6.97. The predicted molar refractivity (Wildman–Crippen MR) is 79.1 cm³/mol. The molecule has 2 aromatic rings. The molecule has 0 aliphatic rings. The molecule has 0 aliphatic heterocycles. The smallest absolute Gasteiger partial charge is 0.291 e. The van der Waals surface area contributed by atoms with Gasteiger partial charge in [-0.2, -0.15) is 0 Å². The Morgan fingerprint density at radius 2 is 2.32 bits per heavy atom. The van der Waals surface area contributed by atoms with E-state index in [9.17, 15) is 9.90 Å². The molecule has 1 unspecified atom stereocenters. The third-order valence-corrected chi connectivity index (χ3v) is 4.25. The van der Waals surface area contributed by atoms with Crippen molar-refractivity contribution in [2.45, 2.75) is 17.2 Å². The molecule has 0 fully saturated rings. The zero-order valence-electron chi connectivity index (χ0n) is 12.1. The molecule has 0 spiro atoms. The van der Waals surface area contributed by atoms with Crippen LogP contribution in [0, 0.1) is 0 Å². The van der Waals surface area contributed by atoms with Gasteiger partial charge in [-0.1, -0.05) is 16.3 Å². The number of benzene rings is 1. The monoisotopic (exact) mass is 343 g/mol. The summed E-state index contributed by atoms with van der Waals surface area (Å²) in [4.78, 5) is 12.2. The molecule has 9 heteroatoms. The molecule has 0 bridgehead atoms. The summed E-state index contributed by atoms with van der Waals surface area (Å²) in [6.07, 6.45) is 0. The zero-order chi connectivity index (χ0) is 16.3. The van der Waals surface area contributed by atoms with E-state index in [1.807, 2.05) is 0 Å². The van der Waals surface area contributed by atoms with E-state index >= 15 is 0 Å². The van der Waals surface area contributed by atoms with Crippen molar-refractivity contribution in [3.8, 4) is 11.7 Å². The van der Waals surface area contributed by atoms with Crippen molar-refractivity contribution in [2.75, 3.05) is 12.4 Å². The number of rotatable bonds is 5. The van der Waals surface area contributed by atoms with Gasteiger partial charge in [-0.05, 0) is 36.9 Å². The van der Waals surface area contributed by atoms with Crippen LogP contribution in [-0.2, 0) is 11.8 Å². The van der Waals surface area contributed by atoms with Gasteiger partial charge in [0.15, 0.2) is 13.0 Å². The number of ether oxygens (including phenoxy) is 1. The normalized spacial score (nSPS) is 12.0. The van der Waals surface area contributed by atoms with E-state index in [-0.39, 0.29) is 10.9 Å². The van der Waals surface area contributed by atoms with Gasteiger partial charge in [0, 0.05) is 5.02 Å². The zero-order valence-corrected chi connectivity index (χ0v) is 13.7. The number of carbonyl (C=O) groups is 1. The Morgan fingerprint density at radius 1 is 1.59 bits per heavy atom. The van der Waals surface area contributed by atoms with Crippen LogP contribution in [0.3, 0.4) is 0 Å². The Labute approximate surface area is 136 Å². The summed E-state index contributed by atoms with van der Waals surface area (Å²) in [6.45, 7) is 1.67. The van der Waals surface area contributed by atoms with Gasteiger partial charge in [0.05, 0.1) is 23.3 Å². The number of anilines is 1. The average molecular weight is 344 g/mol. The minimum atomic E-state index is -0.576. The molecule has 0 saturated heterocycles. The van der Waals surface area contributed by atoms with Gasteiger partial charge in [0.2, 0.25) is 5.91 Å². The molecule has 1 amide bonds. The molecule has 1 aromatic carbocycles. The van der Waals surface area contributed by atoms with Crippen molar-refractivity contribution >= 4 is 35.0 Å². The van der Waals surface area contributed by atoms with Gasteiger partial charge in [-0.15, -0.1) is 0 Å². The Bertz CT molecular complexity index is 672. The van der Waals surface area contributed by atoms with Crippen LogP contribution in [0.4, 0.5) is 5.69 Å². The number of halogens is 1. The topological polar surface area (TPSA) is 91.3 Å². The van der Waals surface area contributed by atoms with Crippen molar-refractivity contribution in [1.82, 2.24) is 5.27 Å². The van der Waals surface area contributed by atoms with Gasteiger partial charge < -0.3 is 19.7 Å². The quantitative estimate of drug-likeness (QED) is 0.651. The second-order valence-electron chi connectivity index (χ2n) is 4.38. The van der Waals surface area contributed by atoms with Crippen molar-refractivity contribution in [2.24, 2.45) is 7.05 Å². The van der Waals surface area contributed by atoms with Crippen LogP contribution in [-0.4, -0.2) is 23.5 Å². The molecule has 22 heavy (non-hydrogen) atoms. The molecular formula is C13H14ClN3O4S. The summed E-state index contributed by atoms with van der Waals surface area (Å²) in [6, 6.07) is 4.91. The molecule has 7 nitrogen and oxygen atoms in total. The van der Waals surface area contributed by atoms with Crippen molar-refractivity contribution in [3.63, 3.8) is 0 Å². The number of nitrogens with one attached hydrogen (secondary N) is 1. The fourth-order valence-electron chi connectivity index (χ4n) is 1.66. The number of hydrogen-bond donors (Lipinski definition) is 1. The van der Waals surface area contributed by atoms with Gasteiger partial charge in [-0.3, -0.25) is 4.79 Å². The summed E-state index contributed by atoms with van der Waals surface area (Å²) in [5.74, 6) is -0.381. The lowest BCUT2D eigenvalue weighted by atomic mass is 10.3. The third kappa shape index (κ3) is 3.63. The van der Waals surface area contributed by atoms with Gasteiger partial charge in [0.25, 0.3) is 5.03 Å². The second-order valence-corrected chi connectivity index (χ2v) is 6.15. The van der Waals surface area contributed by atoms with Crippen LogP contribution in [0.1, 0.15) is 6.92 Å². The first-order valence-corrected chi connectivity index (χ1v) is 7.52. The van der Waals surface area contributed by atoms with Gasteiger partial charge >= 0.3 is 0 Å². The lowest BCUT2D eigenvalue weighted by molar-refractivity contribution is -0.772. The molecule has 1 N–H and O–H groups in total. The molecule has 1 atom stereocenters. The van der Waals surface area contributed by atoms with Crippen molar-refractivity contribution in [1.29, 1.82) is 0 Å². The minimum absolute atomic E-state index is 0.251. The number of methoxy groups -OCH3 is 1. The van der Waals surface area contributed by atoms with Crippen LogP contribution in [0.15, 0.2) is 27.7 Å². The highest BCUT2D eigenvalue weighted by Crippen LogP contribution is 2.30. The molecule has 0 aliphatic carbocycles. The van der Waals surface area contributed by atoms with Crippen molar-refractivity contribution < 1.29 is 23.8 Å². The van der Waals surface area contributed by atoms with E-state index in [2.05, 4.69) is 15.1 Å². The van der Waals surface area contributed by atoms with E-state index < -0.39 is 11.2 Å². The first-order valence-electron chi connectivity index (χ1n) is 6.26. The second kappa shape index (κ2) is 6.89. The SMILES string of the molecule is COc1ccc(Cl)cc1NC(=O)C(C)Sc1c([O-])on[n+]1C. The van der Waals surface area contributed by atoms with E-state index in [4.69, 9.17) is 16.3 Å². The van der Waals surface area contributed by atoms with Gasteiger partial charge in [0.1, 0.15) is 5.75 Å². The highest BCUT2D eigenvalue weighted by Gasteiger charge is 2.23. The number of thioether (sulfide) groups is 1. The first kappa shape index (κ1) is 16.4. The molecule has 118 valence electrons. The summed E-state index contributed by atoms with van der Waals surface area (Å²) in [5, 5.41) is 17.9. The average Bonchev–Trinajstić information content (AvgIpc) is 2.79. The number of aryl methyl sites for hydroxylation is 1. The van der Waals surface area contributed by atoms with E-state index in [1.165, 1.54) is 11.8 Å². The third-order valence-electron chi connectivity index (χ3n) is 2.79. The number of nitrogens with zero attached hydrogens (tertiary/aromatic N) is 2. The fourth-order valence-corrected chi connectivity index (χ4v) is 2.66. The summed E-state index contributed by atoms with van der Waals surface area (Å²) < 4.78 is 11.0. The van der Waals surface area contributed by atoms with E-state index in [1.54, 1.807) is 32.2 Å². The highest BCUT2D eigenvalue weighted by molar-refractivity contribution is 8.00. The largest absolute Gasteiger partial charge is 0.538 e. The first-order chi connectivity index (χ1) is 10.4. The van der Waals surface area contributed by atoms with Crippen LogP contribution in [0.25, 0.3) is 0 Å². The lowest BCUT2D eigenvalue weighted by Crippen LogP contribution is -2.33. The fraction of sp³-hybridized carbons (Fsp3) is 0.308. The Hall–Kier alpha value is -1.93. The number of carbonyl (C=O) groups excluding carboxylic acids is 1. The molecule has 2 rings (SSSR count). The maximum absolute atomic E-state index is 12.2. The lowest BCUT2D eigenvalue weighted by Gasteiger charge is -2.13. The maximum atomic E-state index is 12.2. The molecule has 1 heterocycles. The molecule has 0 saturated carbocycles. The number of aromatic nitrogens is 2. The number of hydrogen-bond acceptors (Lipinski definition) is 6. The Morgan fingerprint density at radius 3 is 2.91 bits per heavy atom. The molecule has 1 aromatic heterocycles. The molecule has 0 radical (unpaired) electrons. The van der Waals surface area contributed by atoms with E-state index in [0.717, 1.165) is 11.8 Å². The number of amides is 1. The maximum Gasteiger partial charge on any atom is 0.291 e. The highest BCUT2D eigenvalue weighted by atomic mass is 35.5. The Kier molecular flexibility index (Phi) is 5.15. The predicted octanol–water partition coefficient (Wildman–Crippen LogP) is 1.35. The van der Waals surface area contributed by atoms with Gasteiger partial charge in [-0.25, -0.2) is 0 Å². The standard InChI is InChI=1S/C13H14ClN3O4S/c1-7(22-12-13(19)21-16-17(12)2)11(18)15-9-6-8(14)4-5-10(9)20-3/h4-7H,1-3H3,(H-,15,16,18,19). The Balaban J connectivity index is 2.10. The van der Waals surface area contributed by atoms with Crippen LogP contribution in [0.2, 0.25) is 5.02 Å². The minimum Gasteiger partial charge on any atom is -0.538 e. The molecular weight excluding hydrogens is 330 g/mol. The van der Waals surface area contributed by atoms with Crippen LogP contribution >= 0.6 is 23.4 Å². The van der Waals surface area contributed by atoms with E-state index in [0.29, 0.717) is 16.5 Å².